The quantitative estimate of drug-likeness (QED) is 0.795. The van der Waals surface area contributed by atoms with Crippen LogP contribution < -0.4 is 10.0 Å². The van der Waals surface area contributed by atoms with Gasteiger partial charge >= 0.3 is 5.97 Å². The number of anilines is 2. The third kappa shape index (κ3) is 2.55. The fourth-order valence-electron chi connectivity index (χ4n) is 1.86. The van der Waals surface area contributed by atoms with Crippen molar-refractivity contribution >= 4 is 27.4 Å². The van der Waals surface area contributed by atoms with Crippen LogP contribution in [0.5, 0.6) is 0 Å². The maximum absolute atomic E-state index is 12.5. The van der Waals surface area contributed by atoms with E-state index < -0.39 is 16.0 Å². The molecule has 2 rings (SSSR count). The van der Waals surface area contributed by atoms with E-state index in [-0.39, 0.29) is 22.0 Å². The Bertz CT molecular complexity index is 797. The van der Waals surface area contributed by atoms with Gasteiger partial charge in [0.1, 0.15) is 0 Å². The summed E-state index contributed by atoms with van der Waals surface area (Å²) >= 11 is 0. The number of nitrogens with two attached hydrogens (primary N) is 1. The number of nitrogen functional groups attached to an aromatic ring is 1. The summed E-state index contributed by atoms with van der Waals surface area (Å²) in [6.45, 7) is 0. The Kier molecular flexibility index (Phi) is 3.60. The molecule has 1 aromatic carbocycles. The lowest BCUT2D eigenvalue weighted by molar-refractivity contribution is 0.0697. The Morgan fingerprint density at radius 3 is 2.52 bits per heavy atom. The SMILES string of the molecule is CN(c1ccc(C(=O)O)cc1N)S(=O)(=O)c1ccnn1C. The Morgan fingerprint density at radius 1 is 1.38 bits per heavy atom. The minimum atomic E-state index is -3.83. The predicted octanol–water partition coefficient (Wildman–Crippen LogP) is 0.526. The topological polar surface area (TPSA) is 119 Å². The zero-order chi connectivity index (χ0) is 15.8. The molecule has 9 heteroatoms. The lowest BCUT2D eigenvalue weighted by atomic mass is 10.2. The zero-order valence-electron chi connectivity index (χ0n) is 11.4. The van der Waals surface area contributed by atoms with Gasteiger partial charge in [0, 0.05) is 14.1 Å². The molecule has 112 valence electrons. The lowest BCUT2D eigenvalue weighted by Crippen LogP contribution is -2.29. The van der Waals surface area contributed by atoms with Crippen LogP contribution in [-0.4, -0.2) is 36.3 Å². The second kappa shape index (κ2) is 5.09. The number of hydrogen-bond donors (Lipinski definition) is 2. The third-order valence-electron chi connectivity index (χ3n) is 3.01. The minimum absolute atomic E-state index is 0.00621. The van der Waals surface area contributed by atoms with Crippen molar-refractivity contribution in [2.24, 2.45) is 7.05 Å². The van der Waals surface area contributed by atoms with E-state index >= 15 is 0 Å². The maximum Gasteiger partial charge on any atom is 0.335 e. The van der Waals surface area contributed by atoms with Gasteiger partial charge in [-0.1, -0.05) is 0 Å². The molecule has 0 amide bonds. The standard InChI is InChI=1S/C12H14N4O4S/c1-15-11(5-6-14-15)21(19,20)16(2)10-4-3-8(12(17)18)7-9(10)13/h3-7H,13H2,1-2H3,(H,17,18). The van der Waals surface area contributed by atoms with Crippen LogP contribution in [0.2, 0.25) is 0 Å². The summed E-state index contributed by atoms with van der Waals surface area (Å²) < 4.78 is 27.2. The molecule has 21 heavy (non-hydrogen) atoms. The van der Waals surface area contributed by atoms with Gasteiger partial charge in [-0.15, -0.1) is 0 Å². The van der Waals surface area contributed by atoms with Crippen molar-refractivity contribution in [3.05, 3.63) is 36.0 Å². The van der Waals surface area contributed by atoms with Gasteiger partial charge in [0.25, 0.3) is 10.0 Å². The number of aromatic nitrogens is 2. The molecule has 0 saturated carbocycles. The van der Waals surface area contributed by atoms with Crippen LogP contribution in [0.4, 0.5) is 11.4 Å². The van der Waals surface area contributed by atoms with Crippen molar-refractivity contribution in [3.63, 3.8) is 0 Å². The second-order valence-corrected chi connectivity index (χ2v) is 6.26. The summed E-state index contributed by atoms with van der Waals surface area (Å²) in [6, 6.07) is 5.23. The molecule has 2 aromatic rings. The Balaban J connectivity index is 2.48. The van der Waals surface area contributed by atoms with Crippen LogP contribution in [0.1, 0.15) is 10.4 Å². The number of sulfonamides is 1. The molecule has 0 saturated heterocycles. The second-order valence-electron chi connectivity index (χ2n) is 4.34. The monoisotopic (exact) mass is 310 g/mol. The summed E-state index contributed by atoms with van der Waals surface area (Å²) in [4.78, 5) is 10.9. The number of rotatable bonds is 4. The van der Waals surface area contributed by atoms with Gasteiger partial charge in [-0.3, -0.25) is 8.99 Å². The Morgan fingerprint density at radius 2 is 2.05 bits per heavy atom. The number of benzene rings is 1. The molecule has 1 aromatic heterocycles. The Hall–Kier alpha value is -2.55. The largest absolute Gasteiger partial charge is 0.478 e. The molecule has 0 unspecified atom stereocenters. The van der Waals surface area contributed by atoms with Gasteiger partial charge in [0.05, 0.1) is 23.1 Å². The lowest BCUT2D eigenvalue weighted by Gasteiger charge is -2.21. The molecule has 3 N–H and O–H groups in total. The molecule has 0 fully saturated rings. The third-order valence-corrected chi connectivity index (χ3v) is 4.86. The van der Waals surface area contributed by atoms with Crippen LogP contribution in [-0.2, 0) is 17.1 Å². The van der Waals surface area contributed by atoms with E-state index in [0.717, 1.165) is 4.31 Å². The van der Waals surface area contributed by atoms with Crippen molar-refractivity contribution in [1.82, 2.24) is 9.78 Å². The van der Waals surface area contributed by atoms with E-state index in [9.17, 15) is 13.2 Å². The molecule has 0 atom stereocenters. The number of aryl methyl sites for hydroxylation is 1. The van der Waals surface area contributed by atoms with Gasteiger partial charge < -0.3 is 10.8 Å². The minimum Gasteiger partial charge on any atom is -0.478 e. The molecular formula is C12H14N4O4S. The zero-order valence-corrected chi connectivity index (χ0v) is 12.2. The van der Waals surface area contributed by atoms with Crippen molar-refractivity contribution in [2.75, 3.05) is 17.1 Å². The molecule has 0 aliphatic heterocycles. The van der Waals surface area contributed by atoms with Crippen LogP contribution >= 0.6 is 0 Å². The molecule has 0 aliphatic carbocycles. The number of carboxylic acid groups (broad SMARTS) is 1. The van der Waals surface area contributed by atoms with E-state index in [1.807, 2.05) is 0 Å². The van der Waals surface area contributed by atoms with Gasteiger partial charge in [0.2, 0.25) is 0 Å². The van der Waals surface area contributed by atoms with Gasteiger partial charge in [-0.25, -0.2) is 4.79 Å². The van der Waals surface area contributed by atoms with E-state index in [1.165, 1.54) is 49.2 Å². The van der Waals surface area contributed by atoms with Gasteiger partial charge in [-0.05, 0) is 24.3 Å². The van der Waals surface area contributed by atoms with Crippen molar-refractivity contribution in [3.8, 4) is 0 Å². The normalized spacial score (nSPS) is 11.3. The first-order chi connectivity index (χ1) is 9.75. The maximum atomic E-state index is 12.5. The van der Waals surface area contributed by atoms with Crippen LogP contribution in [0.3, 0.4) is 0 Å². The highest BCUT2D eigenvalue weighted by molar-refractivity contribution is 7.92. The van der Waals surface area contributed by atoms with Gasteiger partial charge in [0.15, 0.2) is 5.03 Å². The summed E-state index contributed by atoms with van der Waals surface area (Å²) in [5.74, 6) is -1.13. The molecule has 1 heterocycles. The highest BCUT2D eigenvalue weighted by Crippen LogP contribution is 2.28. The molecular weight excluding hydrogens is 296 g/mol. The highest BCUT2D eigenvalue weighted by atomic mass is 32.2. The molecule has 0 bridgehead atoms. The predicted molar refractivity (Wildman–Crippen MR) is 76.6 cm³/mol. The van der Waals surface area contributed by atoms with Crippen molar-refractivity contribution < 1.29 is 18.3 Å². The average molecular weight is 310 g/mol. The van der Waals surface area contributed by atoms with Crippen LogP contribution in [0.15, 0.2) is 35.5 Å². The number of nitrogens with zero attached hydrogens (tertiary/aromatic N) is 3. The summed E-state index contributed by atoms with van der Waals surface area (Å²) in [5.41, 5.74) is 6.00. The number of aromatic carboxylic acids is 1. The number of hydrogen-bond acceptors (Lipinski definition) is 5. The number of carbonyl (C=O) groups is 1. The summed E-state index contributed by atoms with van der Waals surface area (Å²) in [6.07, 6.45) is 1.37. The fraction of sp³-hybridized carbons (Fsp3) is 0.167. The van der Waals surface area contributed by atoms with E-state index in [2.05, 4.69) is 5.10 Å². The first-order valence-electron chi connectivity index (χ1n) is 5.85. The first kappa shape index (κ1) is 14.9. The highest BCUT2D eigenvalue weighted by Gasteiger charge is 2.26. The van der Waals surface area contributed by atoms with E-state index in [4.69, 9.17) is 10.8 Å². The first-order valence-corrected chi connectivity index (χ1v) is 7.29. The molecule has 0 aliphatic rings. The smallest absolute Gasteiger partial charge is 0.335 e. The van der Waals surface area contributed by atoms with Crippen LogP contribution in [0.25, 0.3) is 0 Å². The van der Waals surface area contributed by atoms with Crippen LogP contribution in [0, 0.1) is 0 Å². The van der Waals surface area contributed by atoms with E-state index in [1.54, 1.807) is 0 Å². The number of carboxylic acids is 1. The molecule has 8 nitrogen and oxygen atoms in total. The average Bonchev–Trinajstić information content (AvgIpc) is 2.84. The van der Waals surface area contributed by atoms with Crippen molar-refractivity contribution in [1.29, 1.82) is 0 Å². The van der Waals surface area contributed by atoms with E-state index in [0.29, 0.717) is 0 Å². The van der Waals surface area contributed by atoms with Crippen molar-refractivity contribution in [2.45, 2.75) is 5.03 Å². The fourth-order valence-corrected chi connectivity index (χ4v) is 3.18. The summed E-state index contributed by atoms with van der Waals surface area (Å²) in [7, 11) is -0.975. The molecule has 0 spiro atoms. The molecule has 0 radical (unpaired) electrons. The van der Waals surface area contributed by atoms with Gasteiger partial charge in [-0.2, -0.15) is 13.5 Å². The summed E-state index contributed by atoms with van der Waals surface area (Å²) in [5, 5.41) is 12.7. The Labute approximate surface area is 121 Å².